The van der Waals surface area contributed by atoms with Gasteiger partial charge in [0.05, 0.1) is 20.3 Å². The van der Waals surface area contributed by atoms with E-state index in [1.165, 1.54) is 13.0 Å². The number of carbonyl (C=O) groups excluding carboxylic acids is 1. The van der Waals surface area contributed by atoms with Crippen LogP contribution in [-0.4, -0.2) is 31.6 Å². The lowest BCUT2D eigenvalue weighted by molar-refractivity contribution is -0.130. The molecule has 1 amide bonds. The molecule has 2 aromatic rings. The molecular weight excluding hydrogens is 389 g/mol. The summed E-state index contributed by atoms with van der Waals surface area (Å²) in [5.74, 6) is 0.755. The van der Waals surface area contributed by atoms with Gasteiger partial charge < -0.3 is 14.4 Å². The first-order chi connectivity index (χ1) is 12.0. The van der Waals surface area contributed by atoms with Crippen molar-refractivity contribution in [1.29, 1.82) is 0 Å². The van der Waals surface area contributed by atoms with Crippen LogP contribution in [0.2, 0.25) is 0 Å². The number of amides is 1. The Balaban J connectivity index is 2.23. The van der Waals surface area contributed by atoms with Gasteiger partial charge in [0.25, 0.3) is 0 Å². The standard InChI is InChI=1S/C19H19BrFNO3/c1-11(23)22-7-6-12-8-17(24-2)18(25-3)10-14(12)19(22)15-9-13(20)4-5-16(15)21/h4-5,8-10,19H,6-7H2,1-3H3. The Hall–Kier alpha value is -2.08. The number of hydrogen-bond acceptors (Lipinski definition) is 3. The summed E-state index contributed by atoms with van der Waals surface area (Å²) in [6.07, 6.45) is 0.682. The Labute approximate surface area is 154 Å². The van der Waals surface area contributed by atoms with Crippen LogP contribution in [0.4, 0.5) is 4.39 Å². The molecule has 3 rings (SSSR count). The summed E-state index contributed by atoms with van der Waals surface area (Å²) in [5, 5.41) is 0. The Bertz CT molecular complexity index is 825. The second-order valence-corrected chi connectivity index (χ2v) is 6.85. The molecule has 0 saturated carbocycles. The summed E-state index contributed by atoms with van der Waals surface area (Å²) in [6.45, 7) is 2.03. The van der Waals surface area contributed by atoms with Crippen molar-refractivity contribution in [2.24, 2.45) is 0 Å². The highest BCUT2D eigenvalue weighted by Crippen LogP contribution is 2.42. The van der Waals surface area contributed by atoms with E-state index in [2.05, 4.69) is 15.9 Å². The zero-order valence-electron chi connectivity index (χ0n) is 14.3. The van der Waals surface area contributed by atoms with Gasteiger partial charge in [0.1, 0.15) is 5.82 Å². The lowest BCUT2D eigenvalue weighted by Gasteiger charge is -2.37. The van der Waals surface area contributed by atoms with E-state index in [-0.39, 0.29) is 11.7 Å². The first-order valence-electron chi connectivity index (χ1n) is 7.93. The first-order valence-corrected chi connectivity index (χ1v) is 8.72. The van der Waals surface area contributed by atoms with Gasteiger partial charge in [-0.05, 0) is 47.9 Å². The molecule has 0 N–H and O–H groups in total. The topological polar surface area (TPSA) is 38.8 Å². The quantitative estimate of drug-likeness (QED) is 0.768. The normalized spacial score (nSPS) is 16.4. The van der Waals surface area contributed by atoms with E-state index < -0.39 is 6.04 Å². The largest absolute Gasteiger partial charge is 0.493 e. The molecule has 0 fully saturated rings. The molecule has 1 heterocycles. The minimum Gasteiger partial charge on any atom is -0.493 e. The summed E-state index contributed by atoms with van der Waals surface area (Å²) >= 11 is 3.40. The van der Waals surface area contributed by atoms with Crippen LogP contribution in [-0.2, 0) is 11.2 Å². The molecule has 0 aromatic heterocycles. The Kier molecular flexibility index (Phi) is 4.99. The van der Waals surface area contributed by atoms with Crippen LogP contribution in [0.25, 0.3) is 0 Å². The van der Waals surface area contributed by atoms with Crippen molar-refractivity contribution in [2.75, 3.05) is 20.8 Å². The predicted octanol–water partition coefficient (Wildman–Crippen LogP) is 4.10. The van der Waals surface area contributed by atoms with E-state index in [1.807, 2.05) is 12.1 Å². The van der Waals surface area contributed by atoms with Crippen LogP contribution in [0.1, 0.15) is 29.7 Å². The molecule has 0 bridgehead atoms. The van der Waals surface area contributed by atoms with Crippen molar-refractivity contribution in [2.45, 2.75) is 19.4 Å². The van der Waals surface area contributed by atoms with Crippen molar-refractivity contribution < 1.29 is 18.7 Å². The molecule has 1 unspecified atom stereocenters. The highest BCUT2D eigenvalue weighted by Gasteiger charge is 2.33. The molecule has 2 aromatic carbocycles. The van der Waals surface area contributed by atoms with Gasteiger partial charge in [-0.25, -0.2) is 4.39 Å². The average Bonchev–Trinajstić information content (AvgIpc) is 2.61. The number of ether oxygens (including phenoxy) is 2. The summed E-state index contributed by atoms with van der Waals surface area (Å²) in [7, 11) is 3.14. The molecule has 0 spiro atoms. The lowest BCUT2D eigenvalue weighted by Crippen LogP contribution is -2.39. The number of fused-ring (bicyclic) bond motifs is 1. The zero-order chi connectivity index (χ0) is 18.1. The summed E-state index contributed by atoms with van der Waals surface area (Å²) in [6, 6.07) is 8.03. The Morgan fingerprint density at radius 3 is 2.48 bits per heavy atom. The fourth-order valence-corrected chi connectivity index (χ4v) is 3.72. The number of methoxy groups -OCH3 is 2. The van der Waals surface area contributed by atoms with Gasteiger partial charge in [0.2, 0.25) is 5.91 Å². The molecule has 0 saturated heterocycles. The average molecular weight is 408 g/mol. The Morgan fingerprint density at radius 2 is 1.84 bits per heavy atom. The highest BCUT2D eigenvalue weighted by molar-refractivity contribution is 9.10. The van der Waals surface area contributed by atoms with Gasteiger partial charge in [-0.2, -0.15) is 0 Å². The number of halogens is 2. The van der Waals surface area contributed by atoms with Gasteiger partial charge >= 0.3 is 0 Å². The maximum atomic E-state index is 14.6. The van der Waals surface area contributed by atoms with Gasteiger partial charge in [-0.1, -0.05) is 15.9 Å². The van der Waals surface area contributed by atoms with Crippen LogP contribution in [0, 0.1) is 5.82 Å². The van der Waals surface area contributed by atoms with E-state index in [0.717, 1.165) is 15.6 Å². The van der Waals surface area contributed by atoms with Crippen LogP contribution in [0.15, 0.2) is 34.8 Å². The number of carbonyl (C=O) groups is 1. The molecule has 6 heteroatoms. The van der Waals surface area contributed by atoms with Crippen molar-refractivity contribution in [3.05, 3.63) is 57.3 Å². The van der Waals surface area contributed by atoms with Crippen molar-refractivity contribution in [3.8, 4) is 11.5 Å². The smallest absolute Gasteiger partial charge is 0.220 e. The minimum absolute atomic E-state index is 0.0928. The lowest BCUT2D eigenvalue weighted by atomic mass is 9.87. The maximum absolute atomic E-state index is 14.6. The minimum atomic E-state index is -0.501. The van der Waals surface area contributed by atoms with Crippen molar-refractivity contribution in [3.63, 3.8) is 0 Å². The summed E-state index contributed by atoms with van der Waals surface area (Å²) < 4.78 is 26.1. The van der Waals surface area contributed by atoms with Crippen molar-refractivity contribution in [1.82, 2.24) is 4.90 Å². The van der Waals surface area contributed by atoms with Crippen LogP contribution < -0.4 is 9.47 Å². The monoisotopic (exact) mass is 407 g/mol. The molecule has 1 atom stereocenters. The molecular formula is C19H19BrFNO3. The highest BCUT2D eigenvalue weighted by atomic mass is 79.9. The van der Waals surface area contributed by atoms with Gasteiger partial charge in [-0.3, -0.25) is 4.79 Å². The fourth-order valence-electron chi connectivity index (χ4n) is 3.34. The maximum Gasteiger partial charge on any atom is 0.220 e. The van der Waals surface area contributed by atoms with E-state index in [1.54, 1.807) is 31.3 Å². The summed E-state index contributed by atoms with van der Waals surface area (Å²) in [4.78, 5) is 13.9. The van der Waals surface area contributed by atoms with Gasteiger partial charge in [0, 0.05) is 23.5 Å². The van der Waals surface area contributed by atoms with Crippen LogP contribution in [0.5, 0.6) is 11.5 Å². The number of benzene rings is 2. The third-order valence-electron chi connectivity index (χ3n) is 4.53. The summed E-state index contributed by atoms with van der Waals surface area (Å²) in [5.41, 5.74) is 2.34. The third kappa shape index (κ3) is 3.23. The van der Waals surface area contributed by atoms with E-state index in [0.29, 0.717) is 30.0 Å². The van der Waals surface area contributed by atoms with Gasteiger partial charge in [0.15, 0.2) is 11.5 Å². The molecule has 1 aliphatic rings. The van der Waals surface area contributed by atoms with Crippen LogP contribution in [0.3, 0.4) is 0 Å². The van der Waals surface area contributed by atoms with E-state index in [4.69, 9.17) is 9.47 Å². The molecule has 1 aliphatic heterocycles. The zero-order valence-corrected chi connectivity index (χ0v) is 15.9. The number of rotatable bonds is 3. The molecule has 0 radical (unpaired) electrons. The van der Waals surface area contributed by atoms with Gasteiger partial charge in [-0.15, -0.1) is 0 Å². The van der Waals surface area contributed by atoms with Crippen molar-refractivity contribution >= 4 is 21.8 Å². The van der Waals surface area contributed by atoms with E-state index in [9.17, 15) is 9.18 Å². The number of nitrogens with zero attached hydrogens (tertiary/aromatic N) is 1. The molecule has 4 nitrogen and oxygen atoms in total. The predicted molar refractivity (Wildman–Crippen MR) is 96.6 cm³/mol. The second-order valence-electron chi connectivity index (χ2n) is 5.94. The van der Waals surface area contributed by atoms with Crippen LogP contribution >= 0.6 is 15.9 Å². The Morgan fingerprint density at radius 1 is 1.16 bits per heavy atom. The SMILES string of the molecule is COc1cc2c(cc1OC)C(c1cc(Br)ccc1F)N(C(C)=O)CC2. The molecule has 132 valence electrons. The molecule has 25 heavy (non-hydrogen) atoms. The second kappa shape index (κ2) is 7.04. The van der Waals surface area contributed by atoms with E-state index >= 15 is 0 Å². The molecule has 0 aliphatic carbocycles. The third-order valence-corrected chi connectivity index (χ3v) is 5.02. The fraction of sp³-hybridized carbons (Fsp3) is 0.316. The number of hydrogen-bond donors (Lipinski definition) is 0. The first kappa shape index (κ1) is 17.7.